The van der Waals surface area contributed by atoms with Crippen molar-refractivity contribution in [3.8, 4) is 0 Å². The van der Waals surface area contributed by atoms with E-state index in [1.807, 2.05) is 20.8 Å². The molecule has 10 heteroatoms. The lowest BCUT2D eigenvalue weighted by molar-refractivity contribution is -0.299. The Balaban J connectivity index is 1.74. The van der Waals surface area contributed by atoms with Gasteiger partial charge in [-0.25, -0.2) is 0 Å². The van der Waals surface area contributed by atoms with Gasteiger partial charge in [0.15, 0.2) is 6.29 Å². The summed E-state index contributed by atoms with van der Waals surface area (Å²) >= 11 is 0. The van der Waals surface area contributed by atoms with Crippen LogP contribution >= 0.6 is 0 Å². The summed E-state index contributed by atoms with van der Waals surface area (Å²) in [6, 6.07) is 0. The Labute approximate surface area is 187 Å². The van der Waals surface area contributed by atoms with Gasteiger partial charge in [0.25, 0.3) is 6.29 Å². The third-order valence-corrected chi connectivity index (χ3v) is 6.63. The first-order valence-corrected chi connectivity index (χ1v) is 10.8. The molecule has 10 nitrogen and oxygen atoms in total. The van der Waals surface area contributed by atoms with Gasteiger partial charge in [-0.05, 0) is 30.4 Å². The lowest BCUT2D eigenvalue weighted by Crippen LogP contribution is -2.59. The van der Waals surface area contributed by atoms with Crippen molar-refractivity contribution in [2.24, 2.45) is 17.3 Å². The molecule has 2 aliphatic heterocycles. The number of rotatable bonds is 7. The lowest BCUT2D eigenvalue weighted by atomic mass is 9.72. The predicted molar refractivity (Wildman–Crippen MR) is 110 cm³/mol. The molecule has 3 rings (SSSR count). The summed E-state index contributed by atoms with van der Waals surface area (Å²) in [5.74, 6) is -0.612. The van der Waals surface area contributed by atoms with Crippen molar-refractivity contribution < 1.29 is 49.3 Å². The molecule has 0 aromatic heterocycles. The van der Waals surface area contributed by atoms with Gasteiger partial charge in [0.05, 0.1) is 31.0 Å². The molecule has 5 N–H and O–H groups in total. The van der Waals surface area contributed by atoms with E-state index in [2.05, 4.69) is 6.58 Å². The zero-order chi connectivity index (χ0) is 23.8. The maximum Gasteiger partial charge on any atom is 0.309 e. The number of carbonyl (C=O) groups is 1. The van der Waals surface area contributed by atoms with E-state index in [4.69, 9.17) is 18.9 Å². The number of aliphatic hydroxyl groups is 5. The van der Waals surface area contributed by atoms with E-state index in [0.29, 0.717) is 17.6 Å². The molecule has 2 fully saturated rings. The topological polar surface area (TPSA) is 155 Å². The third-order valence-electron chi connectivity index (χ3n) is 6.63. The van der Waals surface area contributed by atoms with Gasteiger partial charge in [-0.1, -0.05) is 20.4 Å². The summed E-state index contributed by atoms with van der Waals surface area (Å²) in [7, 11) is 0. The van der Waals surface area contributed by atoms with Crippen LogP contribution in [0, 0.1) is 17.3 Å². The van der Waals surface area contributed by atoms with Gasteiger partial charge < -0.3 is 44.5 Å². The maximum absolute atomic E-state index is 12.3. The maximum atomic E-state index is 12.3. The minimum absolute atomic E-state index is 0.0877. The van der Waals surface area contributed by atoms with E-state index in [0.717, 1.165) is 0 Å². The van der Waals surface area contributed by atoms with E-state index in [-0.39, 0.29) is 24.9 Å². The van der Waals surface area contributed by atoms with E-state index in [9.17, 15) is 30.3 Å². The number of hydrogen-bond donors (Lipinski definition) is 5. The van der Waals surface area contributed by atoms with Crippen LogP contribution in [0.25, 0.3) is 0 Å². The van der Waals surface area contributed by atoms with Gasteiger partial charge in [0.1, 0.15) is 24.4 Å². The molecular weight excluding hydrogens is 424 g/mol. The highest BCUT2D eigenvalue weighted by Crippen LogP contribution is 2.55. The SMILES string of the molecule is C=C1[C@@H](O)C[C@@H]2C(CO[C@@H]3O[C@H](CO)[C@@H](O)[C@H](O)[C@H]3O)=CO[C@@H](OC(=O)CC(C)C)[C@]12C. The zero-order valence-electron chi connectivity index (χ0n) is 18.6. The van der Waals surface area contributed by atoms with Crippen molar-refractivity contribution in [2.45, 2.75) is 76.7 Å². The number of esters is 1. The molecule has 1 saturated heterocycles. The van der Waals surface area contributed by atoms with Crippen molar-refractivity contribution in [1.29, 1.82) is 0 Å². The van der Waals surface area contributed by atoms with E-state index < -0.39 is 61.1 Å². The first-order chi connectivity index (χ1) is 15.0. The number of carbonyl (C=O) groups excluding carboxylic acids is 1. The van der Waals surface area contributed by atoms with E-state index in [1.165, 1.54) is 6.26 Å². The molecule has 1 aliphatic carbocycles. The smallest absolute Gasteiger partial charge is 0.309 e. The molecule has 0 radical (unpaired) electrons. The molecular formula is C22H34O10. The second-order valence-corrected chi connectivity index (χ2v) is 9.37. The second-order valence-electron chi connectivity index (χ2n) is 9.37. The number of hydrogen-bond acceptors (Lipinski definition) is 10. The highest BCUT2D eigenvalue weighted by atomic mass is 16.7. The fraction of sp³-hybridized carbons (Fsp3) is 0.773. The Morgan fingerprint density at radius 1 is 1.25 bits per heavy atom. The van der Waals surface area contributed by atoms with Crippen molar-refractivity contribution >= 4 is 5.97 Å². The van der Waals surface area contributed by atoms with Crippen LogP contribution in [0.2, 0.25) is 0 Å². The minimum Gasteiger partial charge on any atom is -0.461 e. The van der Waals surface area contributed by atoms with Crippen LogP contribution in [0.3, 0.4) is 0 Å². The Bertz CT molecular complexity index is 734. The van der Waals surface area contributed by atoms with Gasteiger partial charge in [-0.2, -0.15) is 0 Å². The normalized spacial score (nSPS) is 41.8. The van der Waals surface area contributed by atoms with E-state index in [1.54, 1.807) is 0 Å². The summed E-state index contributed by atoms with van der Waals surface area (Å²) in [6.45, 7) is 8.97. The lowest BCUT2D eigenvalue weighted by Gasteiger charge is -2.43. The summed E-state index contributed by atoms with van der Waals surface area (Å²) in [5.41, 5.74) is 0.219. The molecule has 182 valence electrons. The largest absolute Gasteiger partial charge is 0.461 e. The second kappa shape index (κ2) is 9.76. The van der Waals surface area contributed by atoms with Crippen LogP contribution in [-0.2, 0) is 23.7 Å². The van der Waals surface area contributed by atoms with Crippen LogP contribution in [0.1, 0.15) is 33.6 Å². The van der Waals surface area contributed by atoms with Crippen molar-refractivity contribution in [1.82, 2.24) is 0 Å². The number of fused-ring (bicyclic) bond motifs is 1. The minimum atomic E-state index is -1.55. The molecule has 0 aromatic carbocycles. The molecule has 0 aromatic rings. The van der Waals surface area contributed by atoms with Gasteiger partial charge >= 0.3 is 5.97 Å². The summed E-state index contributed by atoms with van der Waals surface area (Å²) in [6.07, 6.45) is -6.77. The van der Waals surface area contributed by atoms with Gasteiger partial charge in [0.2, 0.25) is 0 Å². The molecule has 1 saturated carbocycles. The Hall–Kier alpha value is -1.53. The molecule has 9 atom stereocenters. The van der Waals surface area contributed by atoms with Crippen LogP contribution in [0.5, 0.6) is 0 Å². The average Bonchev–Trinajstić information content (AvgIpc) is 2.97. The van der Waals surface area contributed by atoms with Crippen LogP contribution in [0.4, 0.5) is 0 Å². The summed E-state index contributed by atoms with van der Waals surface area (Å²) in [5, 5.41) is 49.8. The Morgan fingerprint density at radius 3 is 2.56 bits per heavy atom. The van der Waals surface area contributed by atoms with Crippen LogP contribution in [-0.4, -0.2) is 87.8 Å². The molecule has 0 amide bonds. The molecule has 0 bridgehead atoms. The zero-order valence-corrected chi connectivity index (χ0v) is 18.6. The summed E-state index contributed by atoms with van der Waals surface area (Å²) < 4.78 is 22.3. The first-order valence-electron chi connectivity index (χ1n) is 10.8. The molecule has 32 heavy (non-hydrogen) atoms. The van der Waals surface area contributed by atoms with Crippen molar-refractivity contribution in [2.75, 3.05) is 13.2 Å². The van der Waals surface area contributed by atoms with E-state index >= 15 is 0 Å². The predicted octanol–water partition coefficient (Wildman–Crippen LogP) is -0.424. The molecule has 0 unspecified atom stereocenters. The molecule has 0 spiro atoms. The monoisotopic (exact) mass is 458 g/mol. The average molecular weight is 459 g/mol. The van der Waals surface area contributed by atoms with Gasteiger partial charge in [-0.3, -0.25) is 4.79 Å². The highest BCUT2D eigenvalue weighted by Gasteiger charge is 2.57. The Kier molecular flexibility index (Phi) is 7.66. The van der Waals surface area contributed by atoms with Crippen molar-refractivity contribution in [3.63, 3.8) is 0 Å². The summed E-state index contributed by atoms with van der Waals surface area (Å²) in [4.78, 5) is 12.3. The number of aliphatic hydroxyl groups excluding tert-OH is 5. The quantitative estimate of drug-likeness (QED) is 0.251. The van der Waals surface area contributed by atoms with Gasteiger partial charge in [-0.15, -0.1) is 0 Å². The molecule has 2 heterocycles. The first kappa shape index (κ1) is 25.1. The highest BCUT2D eigenvalue weighted by molar-refractivity contribution is 5.69. The molecule has 3 aliphatic rings. The van der Waals surface area contributed by atoms with Crippen LogP contribution in [0.15, 0.2) is 24.0 Å². The standard InChI is InChI=1S/C22H34O10/c1-10(2)5-16(25)32-21-22(4)11(3)14(24)6-13(22)12(9-30-21)8-29-20-19(28)18(27)17(26)15(7-23)31-20/h9-10,13-15,17-21,23-24,26-28H,3,5-8H2,1-2,4H3/t13-,14+,15-,17-,18+,19-,20-,21+,22-/m1/s1. The van der Waals surface area contributed by atoms with Gasteiger partial charge in [0, 0.05) is 12.3 Å². The fourth-order valence-electron chi connectivity index (χ4n) is 4.59. The Morgan fingerprint density at radius 2 is 1.94 bits per heavy atom. The number of ether oxygens (including phenoxy) is 4. The third kappa shape index (κ3) is 4.58. The van der Waals surface area contributed by atoms with Crippen LogP contribution < -0.4 is 0 Å². The van der Waals surface area contributed by atoms with Crippen molar-refractivity contribution in [3.05, 3.63) is 24.0 Å². The fourth-order valence-corrected chi connectivity index (χ4v) is 4.59.